The van der Waals surface area contributed by atoms with Crippen molar-refractivity contribution in [2.45, 2.75) is 25.6 Å². The fourth-order valence-electron chi connectivity index (χ4n) is 5.02. The van der Waals surface area contributed by atoms with Gasteiger partial charge in [-0.15, -0.1) is 0 Å². The Morgan fingerprint density at radius 1 is 1.15 bits per heavy atom. The SMILES string of the molecule is CNC(C)C(=O)NC1CN(C(=O)c2cnn(C)c2)c2ccccc2N(Cc2c(OC)ccc3cc(Br)ccc23)C1=O. The van der Waals surface area contributed by atoms with Gasteiger partial charge in [0.2, 0.25) is 5.91 Å². The number of carbonyl (C=O) groups excluding carboxylic acids is 3. The Balaban J connectivity index is 1.65. The first-order valence-corrected chi connectivity index (χ1v) is 13.9. The van der Waals surface area contributed by atoms with Gasteiger partial charge in [-0.3, -0.25) is 19.1 Å². The van der Waals surface area contributed by atoms with Crippen LogP contribution in [0.15, 0.2) is 71.5 Å². The number of anilines is 2. The molecule has 212 valence electrons. The van der Waals surface area contributed by atoms with Crippen molar-refractivity contribution in [3.8, 4) is 5.75 Å². The Labute approximate surface area is 246 Å². The number of aryl methyl sites for hydroxylation is 1. The number of halogens is 1. The molecule has 0 saturated heterocycles. The van der Waals surface area contributed by atoms with E-state index in [0.29, 0.717) is 22.7 Å². The third-order valence-electron chi connectivity index (χ3n) is 7.32. The molecule has 10 nitrogen and oxygen atoms in total. The van der Waals surface area contributed by atoms with Crippen LogP contribution in [0.1, 0.15) is 22.8 Å². The van der Waals surface area contributed by atoms with Gasteiger partial charge < -0.3 is 25.2 Å². The van der Waals surface area contributed by atoms with Gasteiger partial charge in [0.1, 0.15) is 11.8 Å². The van der Waals surface area contributed by atoms with Gasteiger partial charge in [0.05, 0.1) is 49.4 Å². The van der Waals surface area contributed by atoms with E-state index in [1.807, 2.05) is 54.6 Å². The van der Waals surface area contributed by atoms with Gasteiger partial charge in [-0.1, -0.05) is 40.2 Å². The number of hydrogen-bond acceptors (Lipinski definition) is 6. The fraction of sp³-hybridized carbons (Fsp3) is 0.267. The van der Waals surface area contributed by atoms with Crippen LogP contribution in [0.3, 0.4) is 0 Å². The zero-order valence-corrected chi connectivity index (χ0v) is 24.8. The maximum absolute atomic E-state index is 14.3. The molecule has 2 atom stereocenters. The molecular formula is C30H31BrN6O4. The summed E-state index contributed by atoms with van der Waals surface area (Å²) in [5, 5.41) is 11.8. The number of nitrogens with one attached hydrogen (secondary N) is 2. The van der Waals surface area contributed by atoms with Crippen molar-refractivity contribution in [1.82, 2.24) is 20.4 Å². The van der Waals surface area contributed by atoms with Crippen molar-refractivity contribution in [2.75, 3.05) is 30.5 Å². The van der Waals surface area contributed by atoms with Crippen LogP contribution in [0, 0.1) is 0 Å². The van der Waals surface area contributed by atoms with Gasteiger partial charge in [-0.2, -0.15) is 5.10 Å². The summed E-state index contributed by atoms with van der Waals surface area (Å²) in [7, 11) is 5.00. The van der Waals surface area contributed by atoms with Crippen LogP contribution in [-0.2, 0) is 23.2 Å². The Morgan fingerprint density at radius 3 is 2.59 bits per heavy atom. The van der Waals surface area contributed by atoms with Crippen molar-refractivity contribution in [1.29, 1.82) is 0 Å². The maximum atomic E-state index is 14.3. The second-order valence-corrected chi connectivity index (χ2v) is 10.8. The maximum Gasteiger partial charge on any atom is 0.261 e. The molecule has 1 aromatic heterocycles. The monoisotopic (exact) mass is 618 g/mol. The summed E-state index contributed by atoms with van der Waals surface area (Å²) >= 11 is 3.54. The van der Waals surface area contributed by atoms with Crippen LogP contribution in [0.2, 0.25) is 0 Å². The van der Waals surface area contributed by atoms with Crippen molar-refractivity contribution in [2.24, 2.45) is 7.05 Å². The van der Waals surface area contributed by atoms with Crippen LogP contribution in [-0.4, -0.2) is 60.3 Å². The van der Waals surface area contributed by atoms with Crippen molar-refractivity contribution in [3.63, 3.8) is 0 Å². The normalized spacial score (nSPS) is 15.8. The Bertz CT molecular complexity index is 1640. The zero-order valence-electron chi connectivity index (χ0n) is 23.2. The number of carbonyl (C=O) groups is 3. The second-order valence-electron chi connectivity index (χ2n) is 9.91. The largest absolute Gasteiger partial charge is 0.496 e. The predicted octanol–water partition coefficient (Wildman–Crippen LogP) is 3.63. The molecule has 41 heavy (non-hydrogen) atoms. The number of rotatable bonds is 7. The lowest BCUT2D eigenvalue weighted by molar-refractivity contribution is -0.128. The predicted molar refractivity (Wildman–Crippen MR) is 161 cm³/mol. The molecule has 2 heterocycles. The standard InChI is InChI=1S/C30H31BrN6O4/c1-18(32-2)28(38)34-24-17-37(29(39)20-14-33-35(3)15-20)26-8-6-5-7-25(26)36(30(24)40)16-23-22-11-10-21(31)13-19(22)9-12-27(23)41-4/h5-15,18,24,32H,16-17H2,1-4H3,(H,34,38). The third kappa shape index (κ3) is 5.55. The molecule has 3 amide bonds. The number of hydrogen-bond donors (Lipinski definition) is 2. The van der Waals surface area contributed by atoms with Gasteiger partial charge in [0, 0.05) is 23.3 Å². The molecule has 0 aliphatic carbocycles. The first kappa shape index (κ1) is 28.3. The van der Waals surface area contributed by atoms with E-state index >= 15 is 0 Å². The van der Waals surface area contributed by atoms with Crippen molar-refractivity contribution in [3.05, 3.63) is 82.6 Å². The minimum atomic E-state index is -1.01. The number of aromatic nitrogens is 2. The van der Waals surface area contributed by atoms with Crippen LogP contribution < -0.4 is 25.2 Å². The summed E-state index contributed by atoms with van der Waals surface area (Å²) in [6.45, 7) is 1.81. The van der Waals surface area contributed by atoms with E-state index in [4.69, 9.17) is 4.74 Å². The van der Waals surface area contributed by atoms with Crippen LogP contribution in [0.4, 0.5) is 11.4 Å². The molecule has 0 bridgehead atoms. The summed E-state index contributed by atoms with van der Waals surface area (Å²) in [4.78, 5) is 44.3. The topological polar surface area (TPSA) is 109 Å². The Morgan fingerprint density at radius 2 is 1.90 bits per heavy atom. The van der Waals surface area contributed by atoms with Gasteiger partial charge in [0.25, 0.3) is 11.8 Å². The number of amides is 3. The molecule has 2 N–H and O–H groups in total. The van der Waals surface area contributed by atoms with Gasteiger partial charge in [-0.25, -0.2) is 0 Å². The van der Waals surface area contributed by atoms with Crippen molar-refractivity contribution < 1.29 is 19.1 Å². The molecule has 5 rings (SSSR count). The first-order chi connectivity index (χ1) is 19.7. The summed E-state index contributed by atoms with van der Waals surface area (Å²) in [5.41, 5.74) is 2.28. The quantitative estimate of drug-likeness (QED) is 0.327. The van der Waals surface area contributed by atoms with E-state index in [2.05, 4.69) is 31.7 Å². The molecule has 1 aliphatic heterocycles. The molecule has 0 fully saturated rings. The van der Waals surface area contributed by atoms with E-state index in [-0.39, 0.29) is 30.8 Å². The van der Waals surface area contributed by atoms with Crippen LogP contribution >= 0.6 is 15.9 Å². The average Bonchev–Trinajstić information content (AvgIpc) is 3.38. The van der Waals surface area contributed by atoms with Gasteiger partial charge in [0.15, 0.2) is 0 Å². The van der Waals surface area contributed by atoms with E-state index in [0.717, 1.165) is 20.8 Å². The Kier molecular flexibility index (Phi) is 8.09. The number of nitrogens with zero attached hydrogens (tertiary/aromatic N) is 4. The zero-order chi connectivity index (χ0) is 29.3. The van der Waals surface area contributed by atoms with E-state index < -0.39 is 12.1 Å². The number of benzene rings is 3. The highest BCUT2D eigenvalue weighted by Gasteiger charge is 2.38. The summed E-state index contributed by atoms with van der Waals surface area (Å²) in [6, 6.07) is 15.5. The number of methoxy groups -OCH3 is 1. The lowest BCUT2D eigenvalue weighted by Gasteiger charge is -2.27. The minimum absolute atomic E-state index is 0.0537. The highest BCUT2D eigenvalue weighted by Crippen LogP contribution is 2.38. The molecule has 0 saturated carbocycles. The fourth-order valence-corrected chi connectivity index (χ4v) is 5.40. The minimum Gasteiger partial charge on any atom is -0.496 e. The molecule has 0 radical (unpaired) electrons. The number of likely N-dealkylation sites (N-methyl/N-ethyl adjacent to an activating group) is 1. The average molecular weight is 620 g/mol. The highest BCUT2D eigenvalue weighted by molar-refractivity contribution is 9.10. The molecule has 0 spiro atoms. The van der Waals surface area contributed by atoms with E-state index in [1.165, 1.54) is 11.1 Å². The van der Waals surface area contributed by atoms with Gasteiger partial charge >= 0.3 is 0 Å². The molecule has 1 aliphatic rings. The third-order valence-corrected chi connectivity index (χ3v) is 7.81. The Hall–Kier alpha value is -4.22. The smallest absolute Gasteiger partial charge is 0.261 e. The number of fused-ring (bicyclic) bond motifs is 2. The number of ether oxygens (including phenoxy) is 1. The molecule has 11 heteroatoms. The lowest BCUT2D eigenvalue weighted by atomic mass is 10.0. The first-order valence-electron chi connectivity index (χ1n) is 13.2. The molecule has 2 unspecified atom stereocenters. The lowest BCUT2D eigenvalue weighted by Crippen LogP contribution is -2.55. The van der Waals surface area contributed by atoms with Crippen molar-refractivity contribution >= 4 is 55.8 Å². The molecular weight excluding hydrogens is 588 g/mol. The second kappa shape index (κ2) is 11.7. The number of para-hydroxylation sites is 2. The summed E-state index contributed by atoms with van der Waals surface area (Å²) in [5.74, 6) is -0.388. The highest BCUT2D eigenvalue weighted by atomic mass is 79.9. The van der Waals surface area contributed by atoms with Gasteiger partial charge in [-0.05, 0) is 55.1 Å². The summed E-state index contributed by atoms with van der Waals surface area (Å²) < 4.78 is 8.22. The summed E-state index contributed by atoms with van der Waals surface area (Å²) in [6.07, 6.45) is 3.12. The van der Waals surface area contributed by atoms with Crippen LogP contribution in [0.25, 0.3) is 10.8 Å². The molecule has 3 aromatic carbocycles. The van der Waals surface area contributed by atoms with E-state index in [1.54, 1.807) is 43.9 Å². The molecule has 4 aromatic rings. The van der Waals surface area contributed by atoms with E-state index in [9.17, 15) is 14.4 Å². The van der Waals surface area contributed by atoms with Crippen LogP contribution in [0.5, 0.6) is 5.75 Å².